The number of hydrogen-bond donors (Lipinski definition) is 1. The van der Waals surface area contributed by atoms with Crippen molar-refractivity contribution in [1.82, 2.24) is 4.31 Å². The summed E-state index contributed by atoms with van der Waals surface area (Å²) in [6.07, 6.45) is 2.04. The fourth-order valence-electron chi connectivity index (χ4n) is 0.273. The van der Waals surface area contributed by atoms with E-state index in [1.165, 1.54) is 0 Å². The Morgan fingerprint density at radius 1 is 1.71 bits per heavy atom. The fourth-order valence-corrected chi connectivity index (χ4v) is 0.561. The van der Waals surface area contributed by atoms with Gasteiger partial charge >= 0.3 is 0 Å². The van der Waals surface area contributed by atoms with Crippen LogP contribution in [0.25, 0.3) is 0 Å². The van der Waals surface area contributed by atoms with E-state index in [4.69, 9.17) is 5.73 Å². The monoisotopic (exact) mass is 120 g/mol. The van der Waals surface area contributed by atoms with E-state index in [0.717, 1.165) is 13.1 Å². The predicted octanol–water partition coefficient (Wildman–Crippen LogP) is 0.155. The normalized spacial score (nSPS) is 10.3. The minimum absolute atomic E-state index is 0.747. The molecule has 0 aliphatic rings. The molecule has 0 aliphatic heterocycles. The third-order valence-electron chi connectivity index (χ3n) is 0.756. The minimum Gasteiger partial charge on any atom is -0.329 e. The first kappa shape index (κ1) is 7.27. The topological polar surface area (TPSA) is 29.3 Å². The lowest BCUT2D eigenvalue weighted by atomic mass is 10.7. The van der Waals surface area contributed by atoms with Gasteiger partial charge in [-0.05, 0) is 13.3 Å². The average molecular weight is 120 g/mol. The molecule has 0 aromatic rings. The molecule has 0 spiro atoms. The molecule has 0 saturated heterocycles. The zero-order chi connectivity index (χ0) is 5.70. The summed E-state index contributed by atoms with van der Waals surface area (Å²) in [5, 5.41) is 0. The van der Waals surface area contributed by atoms with Crippen molar-refractivity contribution in [3.05, 3.63) is 0 Å². The number of rotatable bonds is 3. The third-order valence-corrected chi connectivity index (χ3v) is 1.56. The van der Waals surface area contributed by atoms with Gasteiger partial charge in [0, 0.05) is 13.1 Å². The first-order chi connectivity index (χ1) is 3.31. The standard InChI is InChI=1S/C4H12N2S/c1-6(7-2)4-3-5/h3-5H2,1-2H3. The number of hydrogen-bond acceptors (Lipinski definition) is 3. The Hall–Kier alpha value is 0.270. The van der Waals surface area contributed by atoms with Gasteiger partial charge in [0.2, 0.25) is 0 Å². The Labute approximate surface area is 49.2 Å². The maximum atomic E-state index is 5.25. The van der Waals surface area contributed by atoms with Crippen molar-refractivity contribution in [1.29, 1.82) is 0 Å². The molecule has 44 valence electrons. The van der Waals surface area contributed by atoms with Gasteiger partial charge in [-0.15, -0.1) is 0 Å². The van der Waals surface area contributed by atoms with Gasteiger partial charge in [0.1, 0.15) is 0 Å². The molecule has 2 nitrogen and oxygen atoms in total. The Bertz CT molecular complexity index is 40.7. The highest BCUT2D eigenvalue weighted by Gasteiger charge is 1.87. The Morgan fingerprint density at radius 3 is 2.43 bits per heavy atom. The van der Waals surface area contributed by atoms with Crippen LogP contribution in [0, 0.1) is 0 Å². The first-order valence-electron chi connectivity index (χ1n) is 2.26. The van der Waals surface area contributed by atoms with Crippen LogP contribution in [0.15, 0.2) is 0 Å². The zero-order valence-corrected chi connectivity index (χ0v) is 5.66. The van der Waals surface area contributed by atoms with Crippen LogP contribution < -0.4 is 5.73 Å². The van der Waals surface area contributed by atoms with E-state index in [0.29, 0.717) is 0 Å². The molecule has 0 atom stereocenters. The fraction of sp³-hybridized carbons (Fsp3) is 1.00. The largest absolute Gasteiger partial charge is 0.329 e. The molecular weight excluding hydrogens is 108 g/mol. The van der Waals surface area contributed by atoms with E-state index in [9.17, 15) is 0 Å². The van der Waals surface area contributed by atoms with Gasteiger partial charge < -0.3 is 5.73 Å². The molecule has 0 aromatic carbocycles. The molecule has 0 amide bonds. The number of nitrogens with zero attached hydrogens (tertiary/aromatic N) is 1. The molecule has 3 heteroatoms. The average Bonchev–Trinajstić information content (AvgIpc) is 1.68. The highest BCUT2D eigenvalue weighted by molar-refractivity contribution is 7.96. The maximum Gasteiger partial charge on any atom is 0.0209 e. The van der Waals surface area contributed by atoms with Gasteiger partial charge in [0.05, 0.1) is 0 Å². The summed E-state index contributed by atoms with van der Waals surface area (Å²) in [7, 11) is 2.03. The molecule has 0 rings (SSSR count). The van der Waals surface area contributed by atoms with Gasteiger partial charge in [-0.3, -0.25) is 4.31 Å². The Balaban J connectivity index is 2.83. The lowest BCUT2D eigenvalue weighted by molar-refractivity contribution is 0.579. The van der Waals surface area contributed by atoms with Crippen LogP contribution >= 0.6 is 11.9 Å². The van der Waals surface area contributed by atoms with Crippen LogP contribution in [0.4, 0.5) is 0 Å². The van der Waals surface area contributed by atoms with E-state index < -0.39 is 0 Å². The first-order valence-corrected chi connectivity index (χ1v) is 3.44. The highest BCUT2D eigenvalue weighted by Crippen LogP contribution is 1.96. The molecule has 0 radical (unpaired) electrons. The minimum atomic E-state index is 0.747. The van der Waals surface area contributed by atoms with Crippen molar-refractivity contribution >= 4 is 11.9 Å². The summed E-state index contributed by atoms with van der Waals surface area (Å²) in [6, 6.07) is 0. The molecule has 0 fully saturated rings. The van der Waals surface area contributed by atoms with Crippen LogP contribution in [-0.2, 0) is 0 Å². The van der Waals surface area contributed by atoms with E-state index in [1.54, 1.807) is 11.9 Å². The molecule has 0 heterocycles. The van der Waals surface area contributed by atoms with Crippen molar-refractivity contribution in [2.24, 2.45) is 5.73 Å². The lowest BCUT2D eigenvalue weighted by Crippen LogP contribution is -2.18. The maximum absolute atomic E-state index is 5.25. The molecule has 0 unspecified atom stereocenters. The van der Waals surface area contributed by atoms with Crippen molar-refractivity contribution < 1.29 is 0 Å². The van der Waals surface area contributed by atoms with Crippen molar-refractivity contribution in [3.63, 3.8) is 0 Å². The lowest BCUT2D eigenvalue weighted by Gasteiger charge is -2.08. The van der Waals surface area contributed by atoms with E-state index >= 15 is 0 Å². The van der Waals surface area contributed by atoms with Crippen LogP contribution in [0.2, 0.25) is 0 Å². The molecule has 0 saturated carbocycles. The summed E-state index contributed by atoms with van der Waals surface area (Å²) in [4.78, 5) is 0. The molecule has 0 aliphatic carbocycles. The van der Waals surface area contributed by atoms with Crippen LogP contribution in [0.5, 0.6) is 0 Å². The van der Waals surface area contributed by atoms with Gasteiger partial charge in [-0.2, -0.15) is 0 Å². The number of likely N-dealkylation sites (N-methyl/N-ethyl adjacent to an activating group) is 1. The van der Waals surface area contributed by atoms with E-state index in [1.807, 2.05) is 13.3 Å². The Kier molecular flexibility index (Phi) is 4.60. The van der Waals surface area contributed by atoms with Gasteiger partial charge in [0.15, 0.2) is 0 Å². The van der Waals surface area contributed by atoms with Crippen LogP contribution in [-0.4, -0.2) is 30.7 Å². The zero-order valence-electron chi connectivity index (χ0n) is 4.85. The smallest absolute Gasteiger partial charge is 0.0209 e. The molecule has 7 heavy (non-hydrogen) atoms. The highest BCUT2D eigenvalue weighted by atomic mass is 32.2. The second-order valence-corrected chi connectivity index (χ2v) is 2.31. The van der Waals surface area contributed by atoms with Crippen LogP contribution in [0.3, 0.4) is 0 Å². The van der Waals surface area contributed by atoms with Gasteiger partial charge in [-0.25, -0.2) is 0 Å². The SMILES string of the molecule is CSN(C)CCN. The summed E-state index contributed by atoms with van der Waals surface area (Å²) in [5.41, 5.74) is 5.25. The van der Waals surface area contributed by atoms with Crippen molar-refractivity contribution in [2.75, 3.05) is 26.4 Å². The molecule has 2 N–H and O–H groups in total. The molecular formula is C4H12N2S. The second kappa shape index (κ2) is 4.43. The van der Waals surface area contributed by atoms with Gasteiger partial charge in [-0.1, -0.05) is 11.9 Å². The van der Waals surface area contributed by atoms with E-state index in [-0.39, 0.29) is 0 Å². The molecule has 0 bridgehead atoms. The Morgan fingerprint density at radius 2 is 2.29 bits per heavy atom. The molecule has 0 aromatic heterocycles. The summed E-state index contributed by atoms with van der Waals surface area (Å²) >= 11 is 1.70. The number of nitrogens with two attached hydrogens (primary N) is 1. The predicted molar refractivity (Wildman–Crippen MR) is 35.2 cm³/mol. The third kappa shape index (κ3) is 4.12. The quantitative estimate of drug-likeness (QED) is 0.538. The van der Waals surface area contributed by atoms with Crippen molar-refractivity contribution in [3.8, 4) is 0 Å². The second-order valence-electron chi connectivity index (χ2n) is 1.32. The van der Waals surface area contributed by atoms with Gasteiger partial charge in [0.25, 0.3) is 0 Å². The summed E-state index contributed by atoms with van der Waals surface area (Å²) in [6.45, 7) is 1.72. The van der Waals surface area contributed by atoms with Crippen LogP contribution in [0.1, 0.15) is 0 Å². The summed E-state index contributed by atoms with van der Waals surface area (Å²) < 4.78 is 2.10. The summed E-state index contributed by atoms with van der Waals surface area (Å²) in [5.74, 6) is 0. The van der Waals surface area contributed by atoms with Crippen molar-refractivity contribution in [2.45, 2.75) is 0 Å². The van der Waals surface area contributed by atoms with E-state index in [2.05, 4.69) is 4.31 Å².